The minimum atomic E-state index is -0.285. The maximum absolute atomic E-state index is 13.2. The van der Waals surface area contributed by atoms with Crippen molar-refractivity contribution in [3.63, 3.8) is 0 Å². The van der Waals surface area contributed by atoms with Crippen LogP contribution in [-0.2, 0) is 6.42 Å². The molecule has 0 bridgehead atoms. The van der Waals surface area contributed by atoms with Crippen LogP contribution in [-0.4, -0.2) is 18.0 Å². The third-order valence-corrected chi connectivity index (χ3v) is 4.88. The van der Waals surface area contributed by atoms with Crippen LogP contribution in [0.1, 0.15) is 28.6 Å². The van der Waals surface area contributed by atoms with E-state index in [2.05, 4.69) is 17.2 Å². The Balaban J connectivity index is 1.87. The predicted octanol–water partition coefficient (Wildman–Crippen LogP) is 5.16. The lowest BCUT2D eigenvalue weighted by Gasteiger charge is -2.04. The lowest BCUT2D eigenvalue weighted by Crippen LogP contribution is -2.11. The Morgan fingerprint density at radius 3 is 2.69 bits per heavy atom. The number of nitrogens with one attached hydrogen (secondary N) is 1. The number of rotatable bonds is 6. The van der Waals surface area contributed by atoms with Crippen molar-refractivity contribution in [2.24, 2.45) is 0 Å². The van der Waals surface area contributed by atoms with Gasteiger partial charge in [0.2, 0.25) is 0 Å². The van der Waals surface area contributed by atoms with Crippen LogP contribution in [0.15, 0.2) is 48.5 Å². The number of anilines is 1. The third-order valence-electron chi connectivity index (χ3n) is 3.84. The summed E-state index contributed by atoms with van der Waals surface area (Å²) in [5.74, 6) is 0.0920. The van der Waals surface area contributed by atoms with Gasteiger partial charge in [0.15, 0.2) is 5.13 Å². The summed E-state index contributed by atoms with van der Waals surface area (Å²) in [7, 11) is 1.56. The molecule has 2 aromatic carbocycles. The number of carbonyl (C=O) groups excluding carboxylic acids is 1. The number of carbonyl (C=O) groups is 1. The minimum absolute atomic E-state index is 0.244. The molecule has 134 valence electrons. The number of aryl methyl sites for hydroxylation is 1. The molecule has 3 aromatic rings. The first-order valence-corrected chi connectivity index (χ1v) is 9.13. The van der Waals surface area contributed by atoms with Gasteiger partial charge in [0, 0.05) is 16.0 Å². The van der Waals surface area contributed by atoms with Gasteiger partial charge in [0.05, 0.1) is 12.8 Å². The van der Waals surface area contributed by atoms with E-state index in [1.165, 1.54) is 23.5 Å². The van der Waals surface area contributed by atoms with E-state index in [0.717, 1.165) is 29.0 Å². The maximum atomic E-state index is 13.2. The highest BCUT2D eigenvalue weighted by Crippen LogP contribution is 2.32. The Kier molecular flexibility index (Phi) is 5.63. The van der Waals surface area contributed by atoms with Gasteiger partial charge in [-0.2, -0.15) is 0 Å². The van der Waals surface area contributed by atoms with E-state index in [4.69, 9.17) is 4.74 Å². The summed E-state index contributed by atoms with van der Waals surface area (Å²) in [6.45, 7) is 2.09. The number of hydrogen-bond acceptors (Lipinski definition) is 4. The number of methoxy groups -OCH3 is 1. The molecule has 0 radical (unpaired) electrons. The van der Waals surface area contributed by atoms with Crippen molar-refractivity contribution in [2.75, 3.05) is 12.4 Å². The van der Waals surface area contributed by atoms with Gasteiger partial charge in [-0.15, -0.1) is 11.3 Å². The molecule has 3 rings (SSSR count). The van der Waals surface area contributed by atoms with Crippen LogP contribution in [0.25, 0.3) is 11.3 Å². The quantitative estimate of drug-likeness (QED) is 0.652. The molecule has 0 spiro atoms. The molecule has 1 amide bonds. The van der Waals surface area contributed by atoms with E-state index in [1.807, 2.05) is 0 Å². The normalized spacial score (nSPS) is 10.6. The highest BCUT2D eigenvalue weighted by molar-refractivity contribution is 7.16. The minimum Gasteiger partial charge on any atom is -0.497 e. The molecule has 0 aliphatic rings. The fraction of sp³-hybridized carbons (Fsp3) is 0.200. The van der Waals surface area contributed by atoms with Crippen LogP contribution < -0.4 is 10.1 Å². The van der Waals surface area contributed by atoms with Crippen molar-refractivity contribution in [1.82, 2.24) is 4.98 Å². The number of nitrogens with zero attached hydrogens (tertiary/aromatic N) is 1. The van der Waals surface area contributed by atoms with Gasteiger partial charge in [-0.25, -0.2) is 9.37 Å². The van der Waals surface area contributed by atoms with Crippen molar-refractivity contribution in [2.45, 2.75) is 19.8 Å². The molecule has 0 unspecified atom stereocenters. The lowest BCUT2D eigenvalue weighted by molar-refractivity contribution is 0.102. The van der Waals surface area contributed by atoms with E-state index < -0.39 is 0 Å². The van der Waals surface area contributed by atoms with Crippen molar-refractivity contribution in [3.05, 3.63) is 64.8 Å². The monoisotopic (exact) mass is 370 g/mol. The fourth-order valence-corrected chi connectivity index (χ4v) is 3.65. The van der Waals surface area contributed by atoms with Gasteiger partial charge in [-0.3, -0.25) is 10.1 Å². The second-order valence-corrected chi connectivity index (χ2v) is 6.82. The summed E-state index contributed by atoms with van der Waals surface area (Å²) in [6, 6.07) is 13.2. The zero-order valence-electron chi connectivity index (χ0n) is 14.6. The highest BCUT2D eigenvalue weighted by Gasteiger charge is 2.15. The molecule has 6 heteroatoms. The molecule has 4 nitrogen and oxygen atoms in total. The smallest absolute Gasteiger partial charge is 0.257 e. The summed E-state index contributed by atoms with van der Waals surface area (Å²) in [5.41, 5.74) is 2.13. The van der Waals surface area contributed by atoms with Crippen LogP contribution >= 0.6 is 11.3 Å². The number of ether oxygens (including phenoxy) is 1. The third kappa shape index (κ3) is 4.08. The molecule has 0 saturated carbocycles. The molecule has 1 aromatic heterocycles. The van der Waals surface area contributed by atoms with Crippen molar-refractivity contribution in [3.8, 4) is 17.0 Å². The molecule has 1 N–H and O–H groups in total. The van der Waals surface area contributed by atoms with Gasteiger partial charge in [-0.05, 0) is 48.9 Å². The van der Waals surface area contributed by atoms with Gasteiger partial charge in [0.25, 0.3) is 5.91 Å². The number of hydrogen-bond donors (Lipinski definition) is 1. The van der Waals surface area contributed by atoms with E-state index >= 15 is 0 Å². The van der Waals surface area contributed by atoms with Gasteiger partial charge in [-0.1, -0.05) is 19.4 Å². The highest BCUT2D eigenvalue weighted by atomic mass is 32.1. The van der Waals surface area contributed by atoms with Crippen molar-refractivity contribution >= 4 is 22.4 Å². The predicted molar refractivity (Wildman–Crippen MR) is 102 cm³/mol. The summed E-state index contributed by atoms with van der Waals surface area (Å²) in [4.78, 5) is 18.1. The molecule has 0 saturated heterocycles. The molecule has 1 heterocycles. The Morgan fingerprint density at radius 1 is 1.23 bits per heavy atom. The van der Waals surface area contributed by atoms with Gasteiger partial charge in [0.1, 0.15) is 11.6 Å². The van der Waals surface area contributed by atoms with Crippen LogP contribution in [0.5, 0.6) is 5.75 Å². The fourth-order valence-electron chi connectivity index (χ4n) is 2.57. The molecule has 0 fully saturated rings. The summed E-state index contributed by atoms with van der Waals surface area (Å²) in [5, 5.41) is 3.38. The van der Waals surface area contributed by atoms with Gasteiger partial charge >= 0.3 is 0 Å². The Bertz CT molecular complexity index is 906. The zero-order chi connectivity index (χ0) is 18.5. The van der Waals surface area contributed by atoms with E-state index in [0.29, 0.717) is 16.4 Å². The number of amides is 1. The van der Waals surface area contributed by atoms with Crippen molar-refractivity contribution in [1.29, 1.82) is 0 Å². The molecule has 26 heavy (non-hydrogen) atoms. The van der Waals surface area contributed by atoms with Crippen molar-refractivity contribution < 1.29 is 13.9 Å². The largest absolute Gasteiger partial charge is 0.497 e. The van der Waals surface area contributed by atoms with Crippen LogP contribution in [0.4, 0.5) is 9.52 Å². The SMILES string of the molecule is CCCc1sc(NC(=O)c2cccc(OC)c2)nc1-c1ccc(F)cc1. The molecular formula is C20H19FN2O2S. The first kappa shape index (κ1) is 18.1. The van der Waals surface area contributed by atoms with Crippen LogP contribution in [0.3, 0.4) is 0 Å². The molecule has 0 aliphatic carbocycles. The number of halogens is 1. The Morgan fingerprint density at radius 2 is 2.00 bits per heavy atom. The molecule has 0 atom stereocenters. The van der Waals surface area contributed by atoms with E-state index in [-0.39, 0.29) is 11.7 Å². The summed E-state index contributed by atoms with van der Waals surface area (Å²) >= 11 is 1.45. The summed E-state index contributed by atoms with van der Waals surface area (Å²) in [6.07, 6.45) is 1.80. The van der Waals surface area contributed by atoms with Crippen LogP contribution in [0.2, 0.25) is 0 Å². The Hall–Kier alpha value is -2.73. The second-order valence-electron chi connectivity index (χ2n) is 5.73. The number of aromatic nitrogens is 1. The maximum Gasteiger partial charge on any atom is 0.257 e. The van der Waals surface area contributed by atoms with E-state index in [1.54, 1.807) is 43.5 Å². The Labute approximate surface area is 155 Å². The second kappa shape index (κ2) is 8.10. The molecule has 0 aliphatic heterocycles. The summed E-state index contributed by atoms with van der Waals surface area (Å²) < 4.78 is 18.3. The van der Waals surface area contributed by atoms with Crippen LogP contribution in [0, 0.1) is 5.82 Å². The lowest BCUT2D eigenvalue weighted by atomic mass is 10.1. The molecular weight excluding hydrogens is 351 g/mol. The zero-order valence-corrected chi connectivity index (χ0v) is 15.4. The first-order valence-electron chi connectivity index (χ1n) is 8.31. The topological polar surface area (TPSA) is 51.2 Å². The number of benzene rings is 2. The first-order chi connectivity index (χ1) is 12.6. The number of thiazole rings is 1. The van der Waals surface area contributed by atoms with E-state index in [9.17, 15) is 9.18 Å². The standard InChI is InChI=1S/C20H19FN2O2S/c1-3-5-17-18(13-8-10-15(21)11-9-13)22-20(26-17)23-19(24)14-6-4-7-16(12-14)25-2/h4,6-12H,3,5H2,1-2H3,(H,22,23,24). The average molecular weight is 370 g/mol. The van der Waals surface area contributed by atoms with Gasteiger partial charge < -0.3 is 4.74 Å². The average Bonchev–Trinajstić information content (AvgIpc) is 3.05.